The molecule has 0 radical (unpaired) electrons. The zero-order valence-electron chi connectivity index (χ0n) is 14.4. The molecule has 1 saturated carbocycles. The fourth-order valence-electron chi connectivity index (χ4n) is 4.00. The lowest BCUT2D eigenvalue weighted by Crippen LogP contribution is -2.41. The number of hydrogen-bond donors (Lipinski definition) is 0. The minimum Gasteiger partial charge on any atom is -0.340 e. The van der Waals surface area contributed by atoms with Gasteiger partial charge in [-0.05, 0) is 38.3 Å². The van der Waals surface area contributed by atoms with Crippen molar-refractivity contribution in [1.82, 2.24) is 14.5 Å². The van der Waals surface area contributed by atoms with Crippen molar-refractivity contribution in [2.45, 2.75) is 51.5 Å². The van der Waals surface area contributed by atoms with Gasteiger partial charge in [-0.1, -0.05) is 6.92 Å². The lowest BCUT2D eigenvalue weighted by Gasteiger charge is -2.34. The summed E-state index contributed by atoms with van der Waals surface area (Å²) in [5, 5.41) is 0. The van der Waals surface area contributed by atoms with Crippen molar-refractivity contribution in [2.24, 2.45) is 5.92 Å². The molecule has 1 saturated heterocycles. The molecule has 2 aliphatic rings. The summed E-state index contributed by atoms with van der Waals surface area (Å²) >= 11 is 1.85. The van der Waals surface area contributed by atoms with Gasteiger partial charge in [0.25, 0.3) is 0 Å². The van der Waals surface area contributed by atoms with E-state index in [-0.39, 0.29) is 5.92 Å². The highest BCUT2D eigenvalue weighted by atomic mass is 32.1. The van der Waals surface area contributed by atoms with Crippen molar-refractivity contribution in [1.29, 1.82) is 0 Å². The standard InChI is InChI=1S/C19H25N3OS/c1-3-18-20-8-10-22(18)14-5-4-9-21(12-14)19(23)16-11-15(16)17-7-6-13(2)24-17/h6-8,10,14-16H,3-5,9,11-12H2,1-2H3/t14-,15-,16+/m1/s1. The number of rotatable bonds is 4. The van der Waals surface area contributed by atoms with Crippen LogP contribution in [0, 0.1) is 12.8 Å². The quantitative estimate of drug-likeness (QED) is 0.847. The Bertz CT molecular complexity index is 735. The maximum Gasteiger partial charge on any atom is 0.226 e. The van der Waals surface area contributed by atoms with Crippen molar-refractivity contribution in [2.75, 3.05) is 13.1 Å². The van der Waals surface area contributed by atoms with E-state index < -0.39 is 0 Å². The van der Waals surface area contributed by atoms with E-state index in [9.17, 15) is 4.79 Å². The first kappa shape index (κ1) is 15.9. The third kappa shape index (κ3) is 2.90. The van der Waals surface area contributed by atoms with E-state index in [1.54, 1.807) is 0 Å². The Labute approximate surface area is 147 Å². The smallest absolute Gasteiger partial charge is 0.226 e. The highest BCUT2D eigenvalue weighted by molar-refractivity contribution is 7.12. The minimum absolute atomic E-state index is 0.218. The summed E-state index contributed by atoms with van der Waals surface area (Å²) in [5.41, 5.74) is 0. The number of piperidine rings is 1. The van der Waals surface area contributed by atoms with Gasteiger partial charge in [-0.2, -0.15) is 0 Å². The normalized spacial score (nSPS) is 26.6. The van der Waals surface area contributed by atoms with Crippen LogP contribution in [0.25, 0.3) is 0 Å². The molecule has 4 rings (SSSR count). The molecule has 1 aliphatic carbocycles. The topological polar surface area (TPSA) is 38.1 Å². The van der Waals surface area contributed by atoms with Crippen molar-refractivity contribution in [3.63, 3.8) is 0 Å². The van der Waals surface area contributed by atoms with Gasteiger partial charge in [0, 0.05) is 53.5 Å². The number of amides is 1. The van der Waals surface area contributed by atoms with Gasteiger partial charge < -0.3 is 9.47 Å². The fraction of sp³-hybridized carbons (Fsp3) is 0.579. The summed E-state index contributed by atoms with van der Waals surface area (Å²) in [6.45, 7) is 6.04. The van der Waals surface area contributed by atoms with Gasteiger partial charge in [0.2, 0.25) is 5.91 Å². The van der Waals surface area contributed by atoms with E-state index >= 15 is 0 Å². The Kier molecular flexibility index (Phi) is 4.21. The maximum atomic E-state index is 12.9. The van der Waals surface area contributed by atoms with E-state index in [4.69, 9.17) is 0 Å². The summed E-state index contributed by atoms with van der Waals surface area (Å²) in [7, 11) is 0. The molecular formula is C19H25N3OS. The van der Waals surface area contributed by atoms with Crippen LogP contribution in [0.2, 0.25) is 0 Å². The van der Waals surface area contributed by atoms with Crippen molar-refractivity contribution in [3.05, 3.63) is 40.1 Å². The average molecular weight is 343 g/mol. The van der Waals surface area contributed by atoms with E-state index in [0.29, 0.717) is 17.9 Å². The number of nitrogens with zero attached hydrogens (tertiary/aromatic N) is 3. The van der Waals surface area contributed by atoms with E-state index in [1.807, 2.05) is 17.5 Å². The SMILES string of the molecule is CCc1nccn1[C@@H]1CCCN(C(=O)[C@H]2C[C@H]2c2ccc(C)s2)C1. The number of imidazole rings is 1. The molecule has 5 heteroatoms. The molecule has 0 aromatic carbocycles. The maximum absolute atomic E-state index is 12.9. The largest absolute Gasteiger partial charge is 0.340 e. The lowest BCUT2D eigenvalue weighted by atomic mass is 10.0. The van der Waals surface area contributed by atoms with Crippen LogP contribution < -0.4 is 0 Å². The fourth-order valence-corrected chi connectivity index (χ4v) is 5.06. The second-order valence-corrected chi connectivity index (χ2v) is 8.40. The first-order chi connectivity index (χ1) is 11.7. The van der Waals surface area contributed by atoms with Crippen LogP contribution in [0.5, 0.6) is 0 Å². The Morgan fingerprint density at radius 2 is 2.29 bits per heavy atom. The molecule has 0 unspecified atom stereocenters. The number of aryl methyl sites for hydroxylation is 2. The Hall–Kier alpha value is -1.62. The van der Waals surface area contributed by atoms with Gasteiger partial charge in [0.15, 0.2) is 0 Å². The zero-order valence-corrected chi connectivity index (χ0v) is 15.3. The minimum atomic E-state index is 0.218. The summed E-state index contributed by atoms with van der Waals surface area (Å²) in [6.07, 6.45) is 8.17. The molecule has 24 heavy (non-hydrogen) atoms. The Balaban J connectivity index is 1.42. The number of thiophene rings is 1. The monoisotopic (exact) mass is 343 g/mol. The zero-order chi connectivity index (χ0) is 16.7. The van der Waals surface area contributed by atoms with Crippen molar-refractivity contribution < 1.29 is 4.79 Å². The van der Waals surface area contributed by atoms with Crippen LogP contribution in [-0.4, -0.2) is 33.4 Å². The summed E-state index contributed by atoms with van der Waals surface area (Å²) in [5.74, 6) is 2.19. The average Bonchev–Trinajstić information content (AvgIpc) is 3.04. The molecule has 0 N–H and O–H groups in total. The first-order valence-electron chi connectivity index (χ1n) is 9.04. The van der Waals surface area contributed by atoms with Gasteiger partial charge in [-0.25, -0.2) is 4.98 Å². The Morgan fingerprint density at radius 3 is 3.04 bits per heavy atom. The molecule has 2 aromatic rings. The van der Waals surface area contributed by atoms with Crippen LogP contribution >= 0.6 is 11.3 Å². The third-order valence-electron chi connectivity index (χ3n) is 5.40. The molecule has 2 fully saturated rings. The second kappa shape index (κ2) is 6.36. The number of carbonyl (C=O) groups excluding carboxylic acids is 1. The molecule has 1 aliphatic heterocycles. The van der Waals surface area contributed by atoms with Crippen LogP contribution in [-0.2, 0) is 11.2 Å². The highest BCUT2D eigenvalue weighted by Gasteiger charge is 2.47. The van der Waals surface area contributed by atoms with Crippen molar-refractivity contribution >= 4 is 17.2 Å². The highest BCUT2D eigenvalue weighted by Crippen LogP contribution is 2.50. The predicted octanol–water partition coefficient (Wildman–Crippen LogP) is 3.78. The molecule has 3 heterocycles. The molecule has 2 aromatic heterocycles. The van der Waals surface area contributed by atoms with Crippen LogP contribution in [0.4, 0.5) is 0 Å². The van der Waals surface area contributed by atoms with E-state index in [0.717, 1.165) is 44.6 Å². The van der Waals surface area contributed by atoms with E-state index in [2.05, 4.69) is 46.6 Å². The van der Waals surface area contributed by atoms with Gasteiger partial charge in [-0.15, -0.1) is 11.3 Å². The first-order valence-corrected chi connectivity index (χ1v) is 9.86. The summed E-state index contributed by atoms with van der Waals surface area (Å²) in [4.78, 5) is 22.2. The molecule has 3 atom stereocenters. The van der Waals surface area contributed by atoms with Gasteiger partial charge in [0.1, 0.15) is 5.82 Å². The van der Waals surface area contributed by atoms with Crippen LogP contribution in [0.15, 0.2) is 24.5 Å². The second-order valence-electron chi connectivity index (χ2n) is 7.08. The van der Waals surface area contributed by atoms with Gasteiger partial charge >= 0.3 is 0 Å². The summed E-state index contributed by atoms with van der Waals surface area (Å²) < 4.78 is 2.28. The molecular weight excluding hydrogens is 318 g/mol. The number of hydrogen-bond acceptors (Lipinski definition) is 3. The van der Waals surface area contributed by atoms with Gasteiger partial charge in [-0.3, -0.25) is 4.79 Å². The molecule has 1 amide bonds. The summed E-state index contributed by atoms with van der Waals surface area (Å²) in [6, 6.07) is 4.76. The molecule has 4 nitrogen and oxygen atoms in total. The number of likely N-dealkylation sites (tertiary alicyclic amines) is 1. The van der Waals surface area contributed by atoms with Gasteiger partial charge in [0.05, 0.1) is 6.04 Å². The molecule has 128 valence electrons. The number of carbonyl (C=O) groups is 1. The predicted molar refractivity (Wildman–Crippen MR) is 96.4 cm³/mol. The number of aromatic nitrogens is 2. The Morgan fingerprint density at radius 1 is 1.42 bits per heavy atom. The van der Waals surface area contributed by atoms with E-state index in [1.165, 1.54) is 9.75 Å². The molecule has 0 spiro atoms. The van der Waals surface area contributed by atoms with Crippen LogP contribution in [0.1, 0.15) is 53.7 Å². The molecule has 0 bridgehead atoms. The lowest BCUT2D eigenvalue weighted by molar-refractivity contribution is -0.134. The van der Waals surface area contributed by atoms with Crippen molar-refractivity contribution in [3.8, 4) is 0 Å². The van der Waals surface area contributed by atoms with Crippen LogP contribution in [0.3, 0.4) is 0 Å². The third-order valence-corrected chi connectivity index (χ3v) is 6.53.